The predicted molar refractivity (Wildman–Crippen MR) is 73.3 cm³/mol. The van der Waals surface area contributed by atoms with E-state index in [9.17, 15) is 9.90 Å². The summed E-state index contributed by atoms with van der Waals surface area (Å²) in [6.07, 6.45) is -0.256. The van der Waals surface area contributed by atoms with E-state index in [0.29, 0.717) is 5.02 Å². The number of aliphatic hydroxyl groups is 1. The number of carbonyl (C=O) groups excluding carboxylic acids is 1. The van der Waals surface area contributed by atoms with Crippen LogP contribution in [-0.2, 0) is 11.2 Å². The van der Waals surface area contributed by atoms with Gasteiger partial charge >= 0.3 is 6.09 Å². The molecule has 1 fully saturated rings. The zero-order chi connectivity index (χ0) is 14.0. The molecule has 1 heterocycles. The van der Waals surface area contributed by atoms with E-state index in [1.54, 1.807) is 13.0 Å². The summed E-state index contributed by atoms with van der Waals surface area (Å²) < 4.78 is 5.24. The Morgan fingerprint density at radius 1 is 1.47 bits per heavy atom. The van der Waals surface area contributed by atoms with Crippen LogP contribution in [0.15, 0.2) is 18.2 Å². The van der Waals surface area contributed by atoms with Gasteiger partial charge in [-0.3, -0.25) is 0 Å². The van der Waals surface area contributed by atoms with Crippen LogP contribution in [0.5, 0.6) is 0 Å². The monoisotopic (exact) mass is 283 g/mol. The molecule has 2 rings (SSSR count). The number of ether oxygens (including phenoxy) is 1. The van der Waals surface area contributed by atoms with Crippen molar-refractivity contribution < 1.29 is 14.6 Å². The van der Waals surface area contributed by atoms with Crippen LogP contribution in [0.1, 0.15) is 37.5 Å². The minimum Gasteiger partial charge on any atom is -0.438 e. The molecule has 0 bridgehead atoms. The van der Waals surface area contributed by atoms with Gasteiger partial charge in [-0.15, -0.1) is 0 Å². The van der Waals surface area contributed by atoms with Crippen LogP contribution in [0.3, 0.4) is 0 Å². The van der Waals surface area contributed by atoms with Gasteiger partial charge in [-0.1, -0.05) is 37.1 Å². The number of alkyl carbamates (subject to hydrolysis) is 1. The second-order valence-corrected chi connectivity index (χ2v) is 5.22. The molecule has 0 saturated carbocycles. The third-order valence-corrected chi connectivity index (χ3v) is 3.68. The Morgan fingerprint density at radius 2 is 2.21 bits per heavy atom. The quantitative estimate of drug-likeness (QED) is 0.897. The lowest BCUT2D eigenvalue weighted by Crippen LogP contribution is -2.51. The second kappa shape index (κ2) is 5.80. The first kappa shape index (κ1) is 14.2. The van der Waals surface area contributed by atoms with Crippen molar-refractivity contribution in [2.75, 3.05) is 0 Å². The molecule has 1 aliphatic heterocycles. The molecule has 19 heavy (non-hydrogen) atoms. The number of rotatable bonds is 3. The smallest absolute Gasteiger partial charge is 0.408 e. The molecule has 5 heteroatoms. The van der Waals surface area contributed by atoms with Gasteiger partial charge in [-0.2, -0.15) is 0 Å². The Balaban J connectivity index is 2.41. The molecular formula is C14H18ClNO3. The molecule has 3 atom stereocenters. The minimum absolute atomic E-state index is 0.364. The van der Waals surface area contributed by atoms with E-state index in [-0.39, 0.29) is 6.04 Å². The molecule has 3 unspecified atom stereocenters. The third-order valence-electron chi connectivity index (χ3n) is 3.35. The molecule has 4 nitrogen and oxygen atoms in total. The second-order valence-electron chi connectivity index (χ2n) is 4.81. The normalized spacial score (nSPS) is 26.7. The van der Waals surface area contributed by atoms with Crippen LogP contribution in [0.25, 0.3) is 0 Å². The lowest BCUT2D eigenvalue weighted by atomic mass is 9.92. The number of hydrogen-bond donors (Lipinski definition) is 2. The molecule has 1 aliphatic rings. The van der Waals surface area contributed by atoms with Gasteiger partial charge in [-0.05, 0) is 25.0 Å². The van der Waals surface area contributed by atoms with Gasteiger partial charge in [0.15, 0.2) is 6.10 Å². The van der Waals surface area contributed by atoms with Gasteiger partial charge in [0.1, 0.15) is 6.10 Å². The van der Waals surface area contributed by atoms with Crippen molar-refractivity contribution in [3.8, 4) is 0 Å². The number of cyclic esters (lactones) is 1. The fourth-order valence-corrected chi connectivity index (χ4v) is 2.67. The highest BCUT2D eigenvalue weighted by atomic mass is 35.5. The van der Waals surface area contributed by atoms with E-state index in [0.717, 1.165) is 24.0 Å². The van der Waals surface area contributed by atoms with Crippen LogP contribution in [0.2, 0.25) is 5.02 Å². The molecule has 0 spiro atoms. The van der Waals surface area contributed by atoms with Crippen molar-refractivity contribution >= 4 is 17.7 Å². The molecule has 0 radical (unpaired) electrons. The summed E-state index contributed by atoms with van der Waals surface area (Å²) in [5, 5.41) is 13.3. The first-order valence-corrected chi connectivity index (χ1v) is 6.85. The van der Waals surface area contributed by atoms with E-state index in [1.807, 2.05) is 12.1 Å². The zero-order valence-electron chi connectivity index (χ0n) is 11.0. The van der Waals surface area contributed by atoms with Gasteiger partial charge in [-0.25, -0.2) is 4.79 Å². The number of halogens is 1. The van der Waals surface area contributed by atoms with Crippen molar-refractivity contribution in [1.82, 2.24) is 5.32 Å². The third kappa shape index (κ3) is 2.85. The Kier molecular flexibility index (Phi) is 4.32. The lowest BCUT2D eigenvalue weighted by Gasteiger charge is -2.34. The van der Waals surface area contributed by atoms with Crippen molar-refractivity contribution in [2.24, 2.45) is 0 Å². The van der Waals surface area contributed by atoms with Gasteiger partial charge in [0, 0.05) is 10.6 Å². The number of carbonyl (C=O) groups is 1. The summed E-state index contributed by atoms with van der Waals surface area (Å²) in [6, 6.07) is 5.22. The Morgan fingerprint density at radius 3 is 2.89 bits per heavy atom. The van der Waals surface area contributed by atoms with Crippen LogP contribution in [0, 0.1) is 0 Å². The molecule has 0 aromatic heterocycles. The number of amides is 1. The Bertz CT molecular complexity index is 478. The lowest BCUT2D eigenvalue weighted by molar-refractivity contribution is -0.0411. The van der Waals surface area contributed by atoms with Gasteiger partial charge in [0.2, 0.25) is 0 Å². The summed E-state index contributed by atoms with van der Waals surface area (Å²) in [4.78, 5) is 11.5. The predicted octanol–water partition coefficient (Wildman–Crippen LogP) is 2.82. The molecule has 0 aliphatic carbocycles. The number of aliphatic hydroxyl groups excluding tert-OH is 1. The number of nitrogens with one attached hydrogen (secondary N) is 1. The Hall–Kier alpha value is -1.26. The number of benzene rings is 1. The molecule has 1 saturated heterocycles. The van der Waals surface area contributed by atoms with E-state index in [2.05, 4.69) is 12.2 Å². The van der Waals surface area contributed by atoms with Crippen molar-refractivity contribution in [3.63, 3.8) is 0 Å². The van der Waals surface area contributed by atoms with Crippen LogP contribution in [-0.4, -0.2) is 23.3 Å². The van der Waals surface area contributed by atoms with Gasteiger partial charge in [0.05, 0.1) is 6.04 Å². The first-order chi connectivity index (χ1) is 9.04. The van der Waals surface area contributed by atoms with Crippen LogP contribution in [0.4, 0.5) is 4.79 Å². The number of aryl methyl sites for hydroxylation is 1. The standard InChI is InChI=1S/C14H18ClNO3/c1-3-5-9-6-4-7-10(15)11(9)13-12(17)8(2)16-14(18)19-13/h4,6-8,12-13,17H,3,5H2,1-2H3,(H,16,18). The average Bonchev–Trinajstić information content (AvgIpc) is 2.35. The van der Waals surface area contributed by atoms with Crippen molar-refractivity contribution in [2.45, 2.75) is 44.9 Å². The highest BCUT2D eigenvalue weighted by Gasteiger charge is 2.37. The fraction of sp³-hybridized carbons (Fsp3) is 0.500. The minimum atomic E-state index is -0.812. The Labute approximate surface area is 117 Å². The first-order valence-electron chi connectivity index (χ1n) is 6.47. The average molecular weight is 284 g/mol. The summed E-state index contributed by atoms with van der Waals surface area (Å²) in [5.41, 5.74) is 1.74. The van der Waals surface area contributed by atoms with Crippen molar-refractivity contribution in [3.05, 3.63) is 34.3 Å². The van der Waals surface area contributed by atoms with E-state index in [4.69, 9.17) is 16.3 Å². The maximum atomic E-state index is 11.5. The zero-order valence-corrected chi connectivity index (χ0v) is 11.8. The summed E-state index contributed by atoms with van der Waals surface area (Å²) in [6.45, 7) is 3.81. The highest BCUT2D eigenvalue weighted by Crippen LogP contribution is 2.35. The molecule has 104 valence electrons. The van der Waals surface area contributed by atoms with Gasteiger partial charge in [0.25, 0.3) is 0 Å². The van der Waals surface area contributed by atoms with Crippen LogP contribution >= 0.6 is 11.6 Å². The topological polar surface area (TPSA) is 58.6 Å². The summed E-state index contributed by atoms with van der Waals surface area (Å²) in [5.74, 6) is 0. The SMILES string of the molecule is CCCc1cccc(Cl)c1C1OC(=O)NC(C)C1O. The van der Waals surface area contributed by atoms with E-state index >= 15 is 0 Å². The molecular weight excluding hydrogens is 266 g/mol. The number of hydrogen-bond acceptors (Lipinski definition) is 3. The molecule has 2 N–H and O–H groups in total. The summed E-state index contributed by atoms with van der Waals surface area (Å²) >= 11 is 6.24. The van der Waals surface area contributed by atoms with E-state index < -0.39 is 18.3 Å². The van der Waals surface area contributed by atoms with Crippen LogP contribution < -0.4 is 5.32 Å². The molecule has 1 amide bonds. The van der Waals surface area contributed by atoms with Gasteiger partial charge < -0.3 is 15.2 Å². The van der Waals surface area contributed by atoms with E-state index in [1.165, 1.54) is 0 Å². The maximum Gasteiger partial charge on any atom is 0.408 e. The largest absolute Gasteiger partial charge is 0.438 e. The highest BCUT2D eigenvalue weighted by molar-refractivity contribution is 6.31. The maximum absolute atomic E-state index is 11.5. The fourth-order valence-electron chi connectivity index (χ4n) is 2.37. The molecule has 1 aromatic rings. The van der Waals surface area contributed by atoms with Crippen molar-refractivity contribution in [1.29, 1.82) is 0 Å². The summed E-state index contributed by atoms with van der Waals surface area (Å²) in [7, 11) is 0. The molecule has 1 aromatic carbocycles.